The van der Waals surface area contributed by atoms with Crippen molar-refractivity contribution in [2.24, 2.45) is 0 Å². The maximum Gasteiger partial charge on any atom is 0.418 e. The summed E-state index contributed by atoms with van der Waals surface area (Å²) in [6.07, 6.45) is 16.6. The van der Waals surface area contributed by atoms with Crippen molar-refractivity contribution in [3.8, 4) is 28.5 Å². The van der Waals surface area contributed by atoms with Gasteiger partial charge in [-0.15, -0.1) is 0 Å². The molecular weight excluding hydrogens is 1200 g/mol. The van der Waals surface area contributed by atoms with Crippen molar-refractivity contribution < 1.29 is 35.8 Å². The maximum absolute atomic E-state index is 12.3. The zero-order chi connectivity index (χ0) is 64.8. The first-order valence-electron chi connectivity index (χ1n) is 31.4. The van der Waals surface area contributed by atoms with Gasteiger partial charge in [-0.1, -0.05) is 86.6 Å². The average Bonchev–Trinajstić information content (AvgIpc) is 1.60. The third-order valence-electron chi connectivity index (χ3n) is 18.0. The summed E-state index contributed by atoms with van der Waals surface area (Å²) in [4.78, 5) is 38.9. The van der Waals surface area contributed by atoms with Crippen LogP contribution in [0.15, 0.2) is 177 Å². The summed E-state index contributed by atoms with van der Waals surface area (Å²) in [6, 6.07) is 46.6. The molecule has 0 aliphatic carbocycles. The zero-order valence-electron chi connectivity index (χ0n) is 53.4. The van der Waals surface area contributed by atoms with Crippen molar-refractivity contribution in [1.82, 2.24) is 40.0 Å². The highest BCUT2D eigenvalue weighted by Gasteiger charge is 2.49. The average molecular weight is 1290 g/mol. The molecule has 20 nitrogen and oxygen atoms in total. The SMILES string of the molecule is CC.COc1ccc(CN2CCC3(CC2)CN(S(C)(=O)=O)c2cccnc23)cc1.COc1ccc(CN2CCC3(CC2)CNc2cccnc23)cc1.CS(=O)(=O)N1CC2(CCNCC2)c2ncccc21.O=C(Nc1cnc(-c2ccccc2)cn1)Oc1ccccc1. The highest BCUT2D eigenvalue weighted by molar-refractivity contribution is 7.92. The molecule has 4 aromatic carbocycles. The van der Waals surface area contributed by atoms with Gasteiger partial charge in [0.2, 0.25) is 20.0 Å². The van der Waals surface area contributed by atoms with Crippen molar-refractivity contribution in [1.29, 1.82) is 0 Å². The number of anilines is 4. The number of ether oxygens (including phenoxy) is 3. The fraction of sp³-hybridized carbons (Fsp3) is 0.371. The molecule has 3 saturated heterocycles. The Kier molecular flexibility index (Phi) is 21.5. The van der Waals surface area contributed by atoms with E-state index in [1.54, 1.807) is 63.1 Å². The summed E-state index contributed by atoms with van der Waals surface area (Å²) in [6.45, 7) is 14.0. The van der Waals surface area contributed by atoms with Crippen molar-refractivity contribution in [3.05, 3.63) is 205 Å². The Morgan fingerprint density at radius 3 is 1.47 bits per heavy atom. The molecule has 10 heterocycles. The second-order valence-corrected chi connectivity index (χ2v) is 27.7. The van der Waals surface area contributed by atoms with Gasteiger partial charge in [0.25, 0.3) is 0 Å². The summed E-state index contributed by atoms with van der Waals surface area (Å²) in [7, 11) is -3.13. The van der Waals surface area contributed by atoms with Gasteiger partial charge in [0.15, 0.2) is 5.82 Å². The number of likely N-dealkylation sites (tertiary alicyclic amines) is 2. The van der Waals surface area contributed by atoms with E-state index in [-0.39, 0.29) is 16.2 Å². The molecule has 22 heteroatoms. The van der Waals surface area contributed by atoms with Gasteiger partial charge < -0.3 is 24.8 Å². The predicted molar refractivity (Wildman–Crippen MR) is 363 cm³/mol. The van der Waals surface area contributed by atoms with Crippen LogP contribution >= 0.6 is 0 Å². The highest BCUT2D eigenvalue weighted by atomic mass is 32.2. The molecule has 1 amide bonds. The van der Waals surface area contributed by atoms with Crippen LogP contribution in [0.5, 0.6) is 17.2 Å². The van der Waals surface area contributed by atoms with Gasteiger partial charge in [-0.05, 0) is 162 Å². The molecule has 0 bridgehead atoms. The van der Waals surface area contributed by atoms with E-state index >= 15 is 0 Å². The van der Waals surface area contributed by atoms with Crippen LogP contribution in [0, 0.1) is 0 Å². The first kappa shape index (κ1) is 66.4. The highest BCUT2D eigenvalue weighted by Crippen LogP contribution is 2.48. The fourth-order valence-electron chi connectivity index (χ4n) is 13.0. The largest absolute Gasteiger partial charge is 0.497 e. The first-order valence-corrected chi connectivity index (χ1v) is 35.1. The lowest BCUT2D eigenvalue weighted by Crippen LogP contribution is -2.45. The Labute approximate surface area is 541 Å². The number of rotatable bonds is 11. The minimum absolute atomic E-state index is 0.0923. The molecule has 6 aliphatic heterocycles. The smallest absolute Gasteiger partial charge is 0.418 e. The number of para-hydroxylation sites is 1. The van der Waals surface area contributed by atoms with E-state index in [1.165, 1.54) is 62.7 Å². The molecule has 0 saturated carbocycles. The van der Waals surface area contributed by atoms with Crippen LogP contribution in [0.4, 0.5) is 27.7 Å². The molecule has 8 aromatic rings. The molecule has 0 atom stereocenters. The van der Waals surface area contributed by atoms with Gasteiger partial charge in [-0.2, -0.15) is 0 Å². The molecule has 0 unspecified atom stereocenters. The van der Waals surface area contributed by atoms with E-state index in [1.807, 2.05) is 105 Å². The quantitative estimate of drug-likeness (QED) is 0.109. The second kappa shape index (κ2) is 29.8. The number of hydrogen-bond donors (Lipinski definition) is 3. The van der Waals surface area contributed by atoms with Crippen molar-refractivity contribution >= 4 is 49.0 Å². The van der Waals surface area contributed by atoms with Crippen LogP contribution in [0.2, 0.25) is 0 Å². The Bertz CT molecular complexity index is 3930. The number of aromatic nitrogens is 5. The van der Waals surface area contributed by atoms with E-state index in [0.717, 1.165) is 130 Å². The minimum atomic E-state index is -3.29. The number of sulfonamides is 2. The lowest BCUT2D eigenvalue weighted by Gasteiger charge is -2.39. The molecule has 3 spiro atoms. The predicted octanol–water partition coefficient (Wildman–Crippen LogP) is 10.7. The van der Waals surface area contributed by atoms with Gasteiger partial charge in [0, 0.05) is 73.1 Å². The molecule has 484 valence electrons. The molecule has 3 fully saturated rings. The van der Waals surface area contributed by atoms with Crippen LogP contribution < -0.4 is 38.8 Å². The molecule has 92 heavy (non-hydrogen) atoms. The number of fused-ring (bicyclic) bond motifs is 6. The lowest BCUT2D eigenvalue weighted by molar-refractivity contribution is 0.159. The van der Waals surface area contributed by atoms with E-state index in [4.69, 9.17) is 14.2 Å². The van der Waals surface area contributed by atoms with Gasteiger partial charge in [0.1, 0.15) is 17.2 Å². The Morgan fingerprint density at radius 1 is 0.522 bits per heavy atom. The molecular formula is C70H84N12O8S2. The number of methoxy groups -OCH3 is 2. The number of amides is 1. The van der Waals surface area contributed by atoms with E-state index in [9.17, 15) is 21.6 Å². The number of nitrogens with zero attached hydrogens (tertiary/aromatic N) is 9. The third kappa shape index (κ3) is 15.8. The molecule has 6 aliphatic rings. The van der Waals surface area contributed by atoms with E-state index in [0.29, 0.717) is 24.7 Å². The number of carbonyl (C=O) groups is 1. The van der Waals surface area contributed by atoms with Gasteiger partial charge in [0.05, 0.1) is 79.0 Å². The van der Waals surface area contributed by atoms with Crippen molar-refractivity contribution in [3.63, 3.8) is 0 Å². The lowest BCUT2D eigenvalue weighted by atomic mass is 9.77. The summed E-state index contributed by atoms with van der Waals surface area (Å²) >= 11 is 0. The third-order valence-corrected chi connectivity index (χ3v) is 20.2. The molecule has 4 aromatic heterocycles. The van der Waals surface area contributed by atoms with Crippen LogP contribution in [0.3, 0.4) is 0 Å². The minimum Gasteiger partial charge on any atom is -0.497 e. The Hall–Kier alpha value is -8.54. The Balaban J connectivity index is 0.000000134. The summed E-state index contributed by atoms with van der Waals surface area (Å²) in [5, 5.41) is 9.40. The van der Waals surface area contributed by atoms with E-state index in [2.05, 4.69) is 81.0 Å². The maximum atomic E-state index is 12.3. The number of piperidine rings is 3. The monoisotopic (exact) mass is 1280 g/mol. The van der Waals surface area contributed by atoms with Gasteiger partial charge >= 0.3 is 6.09 Å². The Morgan fingerprint density at radius 2 is 0.989 bits per heavy atom. The van der Waals surface area contributed by atoms with Crippen LogP contribution in [-0.2, 0) is 49.4 Å². The van der Waals surface area contributed by atoms with Gasteiger partial charge in [-0.25, -0.2) is 26.6 Å². The topological polar surface area (TPSA) is 227 Å². The van der Waals surface area contributed by atoms with Crippen LogP contribution in [0.25, 0.3) is 11.3 Å². The summed E-state index contributed by atoms with van der Waals surface area (Å²) in [5.41, 5.74) is 10.2. The molecule has 14 rings (SSSR count). The number of carbonyl (C=O) groups excluding carboxylic acids is 1. The van der Waals surface area contributed by atoms with E-state index < -0.39 is 26.1 Å². The fourth-order valence-corrected chi connectivity index (χ4v) is 15.0. The normalized spacial score (nSPS) is 17.3. The first-order chi connectivity index (χ1) is 44.5. The van der Waals surface area contributed by atoms with Crippen LogP contribution in [0.1, 0.15) is 80.6 Å². The number of hydrogen-bond acceptors (Lipinski definition) is 17. The number of benzene rings is 4. The summed E-state index contributed by atoms with van der Waals surface area (Å²) in [5.74, 6) is 2.59. The number of nitrogens with one attached hydrogen (secondary N) is 3. The summed E-state index contributed by atoms with van der Waals surface area (Å²) < 4.78 is 66.9. The molecule has 3 N–H and O–H groups in total. The molecule has 0 radical (unpaired) electrons. The standard InChI is InChI=1S/C20H25N3O3S.C19H23N3O.C17H13N3O2.C12H17N3O2S.C2H6/c1-26-17-7-5-16(6-8-17)14-22-12-9-20(10-13-22)15-23(27(2,24)25)18-4-3-11-21-19(18)20;1-23-16-6-4-15(5-7-16)13-22-11-8-19(9-12-22)14-21-17-3-2-10-20-18(17)19;21-17(22-14-9-5-2-6-10-14)20-16-12-18-15(11-19-16)13-7-3-1-4-8-13;1-18(16,17)15-9-12(4-7-13-8-5-12)11-10(15)3-2-6-14-11;1-2/h3-8,11H,9-10,12-15H2,1-2H3;2-7,10,21H,8-9,11-14H2,1H3;1-12H,(H,19,20,21);2-3,6,13H,4-5,7-9H2,1H3;1-2H3. The van der Waals surface area contributed by atoms with Crippen molar-refractivity contribution in [2.75, 3.05) is 105 Å². The van der Waals surface area contributed by atoms with Crippen molar-refractivity contribution in [2.45, 2.75) is 81.7 Å². The van der Waals surface area contributed by atoms with Crippen LogP contribution in [-0.4, -0.2) is 143 Å². The second-order valence-electron chi connectivity index (χ2n) is 23.9. The zero-order valence-corrected chi connectivity index (χ0v) is 55.0. The van der Waals surface area contributed by atoms with Gasteiger partial charge in [-0.3, -0.25) is 43.7 Å². The number of pyridine rings is 3.